The molecule has 1 aromatic carbocycles. The minimum Gasteiger partial charge on any atom is -0.395 e. The number of aliphatic hydroxyl groups excluding tert-OH is 1. The van der Waals surface area contributed by atoms with Crippen molar-refractivity contribution in [2.24, 2.45) is 0 Å². The molecule has 9 nitrogen and oxygen atoms in total. The number of nitrogens with one attached hydrogen (secondary N) is 2. The zero-order valence-electron chi connectivity index (χ0n) is 18.5. The Hall–Kier alpha value is -3.70. The summed E-state index contributed by atoms with van der Waals surface area (Å²) in [5.74, 6) is -0.482. The fourth-order valence-corrected chi connectivity index (χ4v) is 3.59. The summed E-state index contributed by atoms with van der Waals surface area (Å²) in [7, 11) is 0. The van der Waals surface area contributed by atoms with Crippen molar-refractivity contribution in [2.45, 2.75) is 13.0 Å². The van der Waals surface area contributed by atoms with Crippen molar-refractivity contribution in [1.82, 2.24) is 20.3 Å². The van der Waals surface area contributed by atoms with Gasteiger partial charge in [-0.2, -0.15) is 0 Å². The summed E-state index contributed by atoms with van der Waals surface area (Å²) in [4.78, 5) is 26.8. The molecule has 0 saturated carbocycles. The zero-order chi connectivity index (χ0) is 24.1. The molecule has 3 heterocycles. The average Bonchev–Trinajstić information content (AvgIpc) is 2.83. The summed E-state index contributed by atoms with van der Waals surface area (Å²) in [5, 5.41) is 13.7. The largest absolute Gasteiger partial charge is 0.395 e. The molecule has 2 amide bonds. The first kappa shape index (κ1) is 23.5. The van der Waals surface area contributed by atoms with E-state index in [1.54, 1.807) is 6.07 Å². The van der Waals surface area contributed by atoms with Crippen LogP contribution in [0, 0.1) is 11.6 Å². The van der Waals surface area contributed by atoms with E-state index in [1.807, 2.05) is 11.8 Å². The third-order valence-electron chi connectivity index (χ3n) is 5.24. The van der Waals surface area contributed by atoms with Crippen LogP contribution in [0.5, 0.6) is 0 Å². The van der Waals surface area contributed by atoms with E-state index in [1.165, 1.54) is 24.4 Å². The number of anilines is 2. The molecule has 178 valence electrons. The first-order valence-corrected chi connectivity index (χ1v) is 10.7. The third kappa shape index (κ3) is 5.43. The standard InChI is InChI=1S/C23H24F2N6O3/c1-14-13-34-7-5-31(14)21-10-20(15-8-16(24)12-26-11-15)29-22(30-21)18-3-2-17(9-19(18)25)28-23(33)27-4-6-32/h2-3,8-12,14,32H,4-7,13H2,1H3,(H2,27,28,33)/t14-/m0/s1. The van der Waals surface area contributed by atoms with Crippen molar-refractivity contribution in [1.29, 1.82) is 0 Å². The Bertz CT molecular complexity index is 1180. The van der Waals surface area contributed by atoms with Crippen molar-refractivity contribution in [3.05, 3.63) is 54.4 Å². The highest BCUT2D eigenvalue weighted by atomic mass is 19.1. The number of hydrogen-bond acceptors (Lipinski definition) is 7. The van der Waals surface area contributed by atoms with Crippen LogP contribution < -0.4 is 15.5 Å². The zero-order valence-corrected chi connectivity index (χ0v) is 18.5. The van der Waals surface area contributed by atoms with E-state index in [2.05, 4.69) is 25.6 Å². The fraction of sp³-hybridized carbons (Fsp3) is 0.304. The summed E-state index contributed by atoms with van der Waals surface area (Å²) < 4.78 is 34.4. The number of carbonyl (C=O) groups excluding carboxylic acids is 1. The van der Waals surface area contributed by atoms with Crippen LogP contribution in [-0.2, 0) is 4.74 Å². The number of amides is 2. The van der Waals surface area contributed by atoms with Crippen LogP contribution in [-0.4, -0.2) is 65.0 Å². The van der Waals surface area contributed by atoms with Crippen LogP contribution in [0.2, 0.25) is 0 Å². The van der Waals surface area contributed by atoms with Gasteiger partial charge in [-0.1, -0.05) is 0 Å². The minimum atomic E-state index is -0.643. The van der Waals surface area contributed by atoms with E-state index in [4.69, 9.17) is 9.84 Å². The topological polar surface area (TPSA) is 112 Å². The van der Waals surface area contributed by atoms with Crippen molar-refractivity contribution < 1.29 is 23.4 Å². The summed E-state index contributed by atoms with van der Waals surface area (Å²) in [5.41, 5.74) is 1.18. The fourth-order valence-electron chi connectivity index (χ4n) is 3.59. The summed E-state index contributed by atoms with van der Waals surface area (Å²) in [6, 6.07) is 6.64. The average molecular weight is 470 g/mol. The number of benzene rings is 1. The Morgan fingerprint density at radius 1 is 1.24 bits per heavy atom. The van der Waals surface area contributed by atoms with Gasteiger partial charge in [0.25, 0.3) is 0 Å². The smallest absolute Gasteiger partial charge is 0.319 e. The van der Waals surface area contributed by atoms with Crippen molar-refractivity contribution in [3.63, 3.8) is 0 Å². The van der Waals surface area contributed by atoms with Crippen LogP contribution >= 0.6 is 0 Å². The number of ether oxygens (including phenoxy) is 1. The molecule has 1 atom stereocenters. The SMILES string of the molecule is C[C@H]1COCCN1c1cc(-c2cncc(F)c2)nc(-c2ccc(NC(=O)NCCO)cc2F)n1. The Morgan fingerprint density at radius 2 is 2.09 bits per heavy atom. The lowest BCUT2D eigenvalue weighted by Gasteiger charge is -2.34. The summed E-state index contributed by atoms with van der Waals surface area (Å²) >= 11 is 0. The number of halogens is 2. The van der Waals surface area contributed by atoms with Crippen LogP contribution in [0.4, 0.5) is 25.1 Å². The molecule has 1 saturated heterocycles. The molecule has 0 unspecified atom stereocenters. The first-order chi connectivity index (χ1) is 16.4. The van der Waals surface area contributed by atoms with E-state index in [0.29, 0.717) is 36.8 Å². The van der Waals surface area contributed by atoms with Gasteiger partial charge in [-0.05, 0) is 31.2 Å². The van der Waals surface area contributed by atoms with Crippen molar-refractivity contribution in [3.8, 4) is 22.6 Å². The van der Waals surface area contributed by atoms with Crippen molar-refractivity contribution in [2.75, 3.05) is 43.1 Å². The molecule has 4 rings (SSSR count). The lowest BCUT2D eigenvalue weighted by Crippen LogP contribution is -2.44. The van der Waals surface area contributed by atoms with Gasteiger partial charge in [0, 0.05) is 36.6 Å². The normalized spacial score (nSPS) is 15.8. The second-order valence-electron chi connectivity index (χ2n) is 7.74. The van der Waals surface area contributed by atoms with E-state index in [0.717, 1.165) is 12.3 Å². The van der Waals surface area contributed by atoms with E-state index in [-0.39, 0.29) is 36.3 Å². The molecule has 0 radical (unpaired) electrons. The second kappa shape index (κ2) is 10.5. The maximum atomic E-state index is 15.1. The highest BCUT2D eigenvalue weighted by Gasteiger charge is 2.23. The number of urea groups is 1. The van der Waals surface area contributed by atoms with Gasteiger partial charge in [0.2, 0.25) is 0 Å². The van der Waals surface area contributed by atoms with Gasteiger partial charge in [-0.3, -0.25) is 4.98 Å². The molecule has 3 aromatic rings. The third-order valence-corrected chi connectivity index (χ3v) is 5.24. The van der Waals surface area contributed by atoms with Crippen LogP contribution in [0.1, 0.15) is 6.92 Å². The predicted molar refractivity (Wildman–Crippen MR) is 122 cm³/mol. The van der Waals surface area contributed by atoms with Crippen molar-refractivity contribution >= 4 is 17.5 Å². The van der Waals surface area contributed by atoms with E-state index < -0.39 is 17.7 Å². The highest BCUT2D eigenvalue weighted by molar-refractivity contribution is 5.89. The number of morpholine rings is 1. The molecule has 3 N–H and O–H groups in total. The van der Waals surface area contributed by atoms with Gasteiger partial charge in [0.05, 0.1) is 43.3 Å². The summed E-state index contributed by atoms with van der Waals surface area (Å²) in [6.45, 7) is 3.49. The molecule has 11 heteroatoms. The van der Waals surface area contributed by atoms with Gasteiger partial charge in [-0.25, -0.2) is 23.5 Å². The summed E-state index contributed by atoms with van der Waals surface area (Å²) in [6.07, 6.45) is 2.58. The molecular formula is C23H24F2N6O3. The lowest BCUT2D eigenvalue weighted by molar-refractivity contribution is 0.0985. The Morgan fingerprint density at radius 3 is 2.82 bits per heavy atom. The molecule has 1 aliphatic rings. The number of rotatable bonds is 6. The Kier molecular flexibility index (Phi) is 7.24. The lowest BCUT2D eigenvalue weighted by atomic mass is 10.1. The molecule has 0 aliphatic carbocycles. The highest BCUT2D eigenvalue weighted by Crippen LogP contribution is 2.30. The number of carbonyl (C=O) groups is 1. The van der Waals surface area contributed by atoms with Gasteiger partial charge in [0.1, 0.15) is 17.5 Å². The molecular weight excluding hydrogens is 446 g/mol. The maximum absolute atomic E-state index is 15.1. The monoisotopic (exact) mass is 470 g/mol. The molecule has 0 spiro atoms. The minimum absolute atomic E-state index is 0.0313. The first-order valence-electron chi connectivity index (χ1n) is 10.7. The molecule has 0 bridgehead atoms. The van der Waals surface area contributed by atoms with Gasteiger partial charge in [0.15, 0.2) is 5.82 Å². The van der Waals surface area contributed by atoms with Gasteiger partial charge >= 0.3 is 6.03 Å². The Labute approximate surface area is 194 Å². The maximum Gasteiger partial charge on any atom is 0.319 e. The molecule has 1 aliphatic heterocycles. The van der Waals surface area contributed by atoms with Gasteiger partial charge in [-0.15, -0.1) is 0 Å². The number of pyridine rings is 1. The van der Waals surface area contributed by atoms with Crippen LogP contribution in [0.25, 0.3) is 22.6 Å². The predicted octanol–water partition coefficient (Wildman–Crippen LogP) is 2.82. The molecule has 2 aromatic heterocycles. The van der Waals surface area contributed by atoms with Crippen LogP contribution in [0.3, 0.4) is 0 Å². The number of nitrogens with zero attached hydrogens (tertiary/aromatic N) is 4. The number of aromatic nitrogens is 3. The van der Waals surface area contributed by atoms with Gasteiger partial charge < -0.3 is 25.4 Å². The Balaban J connectivity index is 1.72. The van der Waals surface area contributed by atoms with Crippen LogP contribution in [0.15, 0.2) is 42.7 Å². The molecule has 1 fully saturated rings. The van der Waals surface area contributed by atoms with E-state index >= 15 is 4.39 Å². The quantitative estimate of drug-likeness (QED) is 0.508. The second-order valence-corrected chi connectivity index (χ2v) is 7.74. The number of hydrogen-bond donors (Lipinski definition) is 3. The number of aliphatic hydroxyl groups is 1. The van der Waals surface area contributed by atoms with E-state index in [9.17, 15) is 9.18 Å². The molecule has 34 heavy (non-hydrogen) atoms.